The van der Waals surface area contributed by atoms with Crippen molar-refractivity contribution in [2.45, 2.75) is 38.5 Å². The predicted molar refractivity (Wildman–Crippen MR) is 78.0 cm³/mol. The number of allylic oxidation sites excluding steroid dienone is 3. The van der Waals surface area contributed by atoms with Gasteiger partial charge in [0.1, 0.15) is 5.76 Å². The standard InChI is InChI=1S/C16H24N2O2/c19-16-13-20-15-8-3-2-7-14(15)18(16)12-6-11-17-9-4-1-5-10-17/h2,7H,1,3-6,8-13H2. The van der Waals surface area contributed by atoms with Gasteiger partial charge in [0.25, 0.3) is 5.91 Å². The Labute approximate surface area is 121 Å². The molecular weight excluding hydrogens is 252 g/mol. The third-order valence-corrected chi connectivity index (χ3v) is 4.37. The van der Waals surface area contributed by atoms with Crippen LogP contribution in [0.3, 0.4) is 0 Å². The maximum absolute atomic E-state index is 12.1. The minimum atomic E-state index is 0.106. The summed E-state index contributed by atoms with van der Waals surface area (Å²) in [6.07, 6.45) is 11.2. The van der Waals surface area contributed by atoms with E-state index in [9.17, 15) is 4.79 Å². The van der Waals surface area contributed by atoms with Gasteiger partial charge in [-0.2, -0.15) is 0 Å². The molecule has 1 amide bonds. The van der Waals surface area contributed by atoms with Crippen LogP contribution in [0.15, 0.2) is 23.6 Å². The molecule has 20 heavy (non-hydrogen) atoms. The van der Waals surface area contributed by atoms with Crippen molar-refractivity contribution < 1.29 is 9.53 Å². The topological polar surface area (TPSA) is 32.8 Å². The molecular formula is C16H24N2O2. The molecule has 3 aliphatic rings. The summed E-state index contributed by atoms with van der Waals surface area (Å²) in [4.78, 5) is 16.5. The number of piperidine rings is 1. The number of amides is 1. The summed E-state index contributed by atoms with van der Waals surface area (Å²) in [6, 6.07) is 0. The van der Waals surface area contributed by atoms with Gasteiger partial charge in [-0.3, -0.25) is 4.79 Å². The van der Waals surface area contributed by atoms with Gasteiger partial charge in [-0.1, -0.05) is 12.5 Å². The third kappa shape index (κ3) is 3.06. The highest BCUT2D eigenvalue weighted by Gasteiger charge is 2.27. The van der Waals surface area contributed by atoms with E-state index < -0.39 is 0 Å². The second-order valence-electron chi connectivity index (χ2n) is 5.84. The molecule has 0 aromatic heterocycles. The van der Waals surface area contributed by atoms with Crippen LogP contribution >= 0.6 is 0 Å². The minimum Gasteiger partial charge on any atom is -0.486 e. The lowest BCUT2D eigenvalue weighted by Crippen LogP contribution is -2.40. The fraction of sp³-hybridized carbons (Fsp3) is 0.688. The molecule has 2 heterocycles. The first kappa shape index (κ1) is 13.7. The number of hydrogen-bond donors (Lipinski definition) is 0. The number of rotatable bonds is 4. The predicted octanol–water partition coefficient (Wildman–Crippen LogP) is 2.28. The van der Waals surface area contributed by atoms with Gasteiger partial charge in [0, 0.05) is 13.0 Å². The summed E-state index contributed by atoms with van der Waals surface area (Å²) in [6.45, 7) is 4.60. The Morgan fingerprint density at radius 2 is 2.00 bits per heavy atom. The van der Waals surface area contributed by atoms with E-state index in [-0.39, 0.29) is 12.5 Å². The van der Waals surface area contributed by atoms with Crippen molar-refractivity contribution in [1.82, 2.24) is 9.80 Å². The van der Waals surface area contributed by atoms with Gasteiger partial charge in [0.15, 0.2) is 6.61 Å². The van der Waals surface area contributed by atoms with Crippen LogP contribution in [0.25, 0.3) is 0 Å². The van der Waals surface area contributed by atoms with Crippen LogP contribution in [0, 0.1) is 0 Å². The summed E-state index contributed by atoms with van der Waals surface area (Å²) in [5, 5.41) is 0. The molecule has 0 N–H and O–H groups in total. The average Bonchev–Trinajstić information content (AvgIpc) is 2.50. The largest absolute Gasteiger partial charge is 0.486 e. The van der Waals surface area contributed by atoms with E-state index in [4.69, 9.17) is 4.74 Å². The fourth-order valence-corrected chi connectivity index (χ4v) is 3.26. The first-order valence-corrected chi connectivity index (χ1v) is 7.90. The number of hydrogen-bond acceptors (Lipinski definition) is 3. The van der Waals surface area contributed by atoms with Crippen molar-refractivity contribution >= 4 is 5.91 Å². The molecule has 4 nitrogen and oxygen atoms in total. The smallest absolute Gasteiger partial charge is 0.264 e. The van der Waals surface area contributed by atoms with E-state index in [1.165, 1.54) is 32.4 Å². The number of nitrogens with zero attached hydrogens (tertiary/aromatic N) is 2. The zero-order valence-corrected chi connectivity index (χ0v) is 12.1. The lowest BCUT2D eigenvalue weighted by molar-refractivity contribution is -0.135. The van der Waals surface area contributed by atoms with E-state index in [1.54, 1.807) is 0 Å². The van der Waals surface area contributed by atoms with Crippen LogP contribution in [0.4, 0.5) is 0 Å². The summed E-state index contributed by atoms with van der Waals surface area (Å²) in [7, 11) is 0. The Kier molecular flexibility index (Phi) is 4.41. The van der Waals surface area contributed by atoms with E-state index in [0.717, 1.165) is 43.8 Å². The Morgan fingerprint density at radius 3 is 2.85 bits per heavy atom. The first-order chi connectivity index (χ1) is 9.84. The Balaban J connectivity index is 1.55. The highest BCUT2D eigenvalue weighted by Crippen LogP contribution is 2.27. The minimum absolute atomic E-state index is 0.106. The van der Waals surface area contributed by atoms with Crippen molar-refractivity contribution in [3.8, 4) is 0 Å². The SMILES string of the molecule is O=C1COC2=C(C=CCC2)N1CCCN1CCCCC1. The first-order valence-electron chi connectivity index (χ1n) is 7.90. The van der Waals surface area contributed by atoms with Crippen LogP contribution in [0.2, 0.25) is 0 Å². The molecule has 0 spiro atoms. The average molecular weight is 276 g/mol. The van der Waals surface area contributed by atoms with Crippen LogP contribution in [0.5, 0.6) is 0 Å². The zero-order chi connectivity index (χ0) is 13.8. The molecule has 3 rings (SSSR count). The van der Waals surface area contributed by atoms with Gasteiger partial charge in [-0.05, 0) is 51.4 Å². The molecule has 0 aromatic rings. The lowest BCUT2D eigenvalue weighted by atomic mass is 10.1. The maximum Gasteiger partial charge on any atom is 0.264 e. The second-order valence-corrected chi connectivity index (χ2v) is 5.84. The molecule has 2 aliphatic heterocycles. The van der Waals surface area contributed by atoms with Crippen LogP contribution in [-0.2, 0) is 9.53 Å². The molecule has 110 valence electrons. The molecule has 0 atom stereocenters. The van der Waals surface area contributed by atoms with E-state index in [0.29, 0.717) is 0 Å². The van der Waals surface area contributed by atoms with Gasteiger partial charge < -0.3 is 14.5 Å². The zero-order valence-electron chi connectivity index (χ0n) is 12.1. The quantitative estimate of drug-likeness (QED) is 0.790. The molecule has 4 heteroatoms. The van der Waals surface area contributed by atoms with Crippen molar-refractivity contribution in [3.63, 3.8) is 0 Å². The summed E-state index contributed by atoms with van der Waals surface area (Å²) < 4.78 is 5.55. The fourth-order valence-electron chi connectivity index (χ4n) is 3.26. The van der Waals surface area contributed by atoms with Gasteiger partial charge in [0.05, 0.1) is 5.70 Å². The van der Waals surface area contributed by atoms with Gasteiger partial charge in [-0.25, -0.2) is 0 Å². The molecule has 0 aromatic carbocycles. The van der Waals surface area contributed by atoms with Crippen molar-refractivity contribution in [2.75, 3.05) is 32.8 Å². The number of ether oxygens (including phenoxy) is 1. The molecule has 0 radical (unpaired) electrons. The highest BCUT2D eigenvalue weighted by molar-refractivity contribution is 5.81. The van der Waals surface area contributed by atoms with Crippen molar-refractivity contribution in [3.05, 3.63) is 23.6 Å². The highest BCUT2D eigenvalue weighted by atomic mass is 16.5. The van der Waals surface area contributed by atoms with Gasteiger partial charge in [0.2, 0.25) is 0 Å². The number of likely N-dealkylation sites (tertiary alicyclic amines) is 1. The summed E-state index contributed by atoms with van der Waals surface area (Å²) in [5.41, 5.74) is 1.01. The number of carbonyl (C=O) groups excluding carboxylic acids is 1. The van der Waals surface area contributed by atoms with Crippen LogP contribution in [0.1, 0.15) is 38.5 Å². The lowest BCUT2D eigenvalue weighted by Gasteiger charge is -2.33. The maximum atomic E-state index is 12.1. The van der Waals surface area contributed by atoms with Crippen LogP contribution < -0.4 is 0 Å². The Hall–Kier alpha value is -1.29. The Morgan fingerprint density at radius 1 is 1.15 bits per heavy atom. The molecule has 0 bridgehead atoms. The Bertz CT molecular complexity index is 422. The summed E-state index contributed by atoms with van der Waals surface area (Å²) in [5.74, 6) is 1.11. The van der Waals surface area contributed by atoms with Crippen LogP contribution in [-0.4, -0.2) is 48.5 Å². The van der Waals surface area contributed by atoms with Crippen molar-refractivity contribution in [1.29, 1.82) is 0 Å². The summed E-state index contributed by atoms with van der Waals surface area (Å²) >= 11 is 0. The molecule has 0 saturated carbocycles. The molecule has 0 unspecified atom stereocenters. The molecule has 1 aliphatic carbocycles. The third-order valence-electron chi connectivity index (χ3n) is 4.37. The van der Waals surface area contributed by atoms with E-state index in [2.05, 4.69) is 17.1 Å². The number of carbonyl (C=O) groups is 1. The second kappa shape index (κ2) is 6.44. The normalized spacial score (nSPS) is 23.8. The van der Waals surface area contributed by atoms with Crippen molar-refractivity contribution in [2.24, 2.45) is 0 Å². The van der Waals surface area contributed by atoms with Gasteiger partial charge in [-0.15, -0.1) is 0 Å². The van der Waals surface area contributed by atoms with E-state index >= 15 is 0 Å². The monoisotopic (exact) mass is 276 g/mol. The van der Waals surface area contributed by atoms with E-state index in [1.807, 2.05) is 4.90 Å². The van der Waals surface area contributed by atoms with Gasteiger partial charge >= 0.3 is 0 Å². The molecule has 1 saturated heterocycles. The molecule has 1 fully saturated rings.